The van der Waals surface area contributed by atoms with Crippen molar-refractivity contribution in [2.75, 3.05) is 0 Å². The third-order valence-corrected chi connectivity index (χ3v) is 4.66. The number of imidazole rings is 1. The Kier molecular flexibility index (Phi) is 3.69. The first-order valence-corrected chi connectivity index (χ1v) is 8.78. The first kappa shape index (κ1) is 16.8. The summed E-state index contributed by atoms with van der Waals surface area (Å²) in [4.78, 5) is 32.8. The van der Waals surface area contributed by atoms with Crippen molar-refractivity contribution in [3.63, 3.8) is 0 Å². The molecule has 0 fully saturated rings. The van der Waals surface area contributed by atoms with E-state index in [9.17, 15) is 9.59 Å². The highest BCUT2D eigenvalue weighted by Crippen LogP contribution is 2.20. The molecule has 29 heavy (non-hydrogen) atoms. The van der Waals surface area contributed by atoms with E-state index in [2.05, 4.69) is 30.6 Å². The van der Waals surface area contributed by atoms with Gasteiger partial charge in [-0.25, -0.2) is 19.4 Å². The molecule has 0 spiro atoms. The number of hydrogen-bond donors (Lipinski definition) is 2. The topological polar surface area (TPSA) is 127 Å². The van der Waals surface area contributed by atoms with Gasteiger partial charge in [0.25, 0.3) is 11.5 Å². The normalized spacial score (nSPS) is 11.2. The number of nitrogens with one attached hydrogen (secondary N) is 2. The number of rotatable bonds is 3. The summed E-state index contributed by atoms with van der Waals surface area (Å²) in [6.07, 6.45) is 0. The summed E-state index contributed by atoms with van der Waals surface area (Å²) in [5.74, 6) is 0.698. The number of hydrogen-bond acceptors (Lipinski definition) is 6. The average Bonchev–Trinajstić information content (AvgIpc) is 3.36. The van der Waals surface area contributed by atoms with Crippen LogP contribution in [-0.2, 0) is 0 Å². The van der Waals surface area contributed by atoms with Crippen LogP contribution in [0.4, 0.5) is 0 Å². The summed E-state index contributed by atoms with van der Waals surface area (Å²) in [6.45, 7) is 1.69. The number of aryl methyl sites for hydroxylation is 1. The van der Waals surface area contributed by atoms with E-state index in [1.54, 1.807) is 19.1 Å². The smallest absolute Gasteiger partial charge is 0.290 e. The van der Waals surface area contributed by atoms with Crippen LogP contribution in [-0.4, -0.2) is 39.7 Å². The Balaban J connectivity index is 1.71. The Morgan fingerprint density at radius 3 is 2.31 bits per heavy atom. The molecule has 0 aliphatic carbocycles. The zero-order valence-electron chi connectivity index (χ0n) is 15.2. The highest BCUT2D eigenvalue weighted by Gasteiger charge is 2.19. The number of H-pyrrole nitrogens is 2. The summed E-state index contributed by atoms with van der Waals surface area (Å²) >= 11 is 0. The molecule has 10 heteroatoms. The SMILES string of the molecule is Cc1nc2[nH]c(=O)n(-c3ccc(-c4ccccc4)cc3)c(=O)c2n1-c1nnn[nH]1. The largest absolute Gasteiger partial charge is 0.334 e. The fourth-order valence-electron chi connectivity index (χ4n) is 3.35. The van der Waals surface area contributed by atoms with Gasteiger partial charge in [0.1, 0.15) is 5.82 Å². The van der Waals surface area contributed by atoms with Gasteiger partial charge < -0.3 is 0 Å². The van der Waals surface area contributed by atoms with Crippen LogP contribution in [0.1, 0.15) is 5.82 Å². The molecule has 2 N–H and O–H groups in total. The van der Waals surface area contributed by atoms with Gasteiger partial charge in [0, 0.05) is 0 Å². The molecule has 3 aromatic heterocycles. The highest BCUT2D eigenvalue weighted by molar-refractivity contribution is 5.73. The monoisotopic (exact) mass is 386 g/mol. The van der Waals surface area contributed by atoms with Gasteiger partial charge in [-0.15, -0.1) is 0 Å². The first-order valence-electron chi connectivity index (χ1n) is 8.78. The summed E-state index contributed by atoms with van der Waals surface area (Å²) in [6, 6.07) is 17.0. The molecular weight excluding hydrogens is 372 g/mol. The molecule has 0 atom stereocenters. The molecule has 3 heterocycles. The standard InChI is InChI=1S/C19H14N8O2/c1-11-20-16-15(26(11)18-22-24-25-23-18)17(28)27(19(29)21-16)14-9-7-13(8-10-14)12-5-3-2-4-6-12/h2-10H,1H3,(H,21,29)(H,22,23,24,25). The van der Waals surface area contributed by atoms with E-state index in [0.29, 0.717) is 11.5 Å². The fourth-order valence-corrected chi connectivity index (χ4v) is 3.35. The Hall–Kier alpha value is -4.34. The van der Waals surface area contributed by atoms with Crippen LogP contribution in [0.2, 0.25) is 0 Å². The van der Waals surface area contributed by atoms with E-state index >= 15 is 0 Å². The number of benzene rings is 2. The Morgan fingerprint density at radius 1 is 0.897 bits per heavy atom. The van der Waals surface area contributed by atoms with E-state index in [-0.39, 0.29) is 17.1 Å². The zero-order chi connectivity index (χ0) is 20.0. The second kappa shape index (κ2) is 6.37. The molecule has 0 saturated heterocycles. The van der Waals surface area contributed by atoms with Gasteiger partial charge in [-0.1, -0.05) is 47.6 Å². The van der Waals surface area contributed by atoms with E-state index in [4.69, 9.17) is 0 Å². The summed E-state index contributed by atoms with van der Waals surface area (Å²) in [7, 11) is 0. The molecule has 0 aliphatic rings. The number of aromatic nitrogens is 8. The highest BCUT2D eigenvalue weighted by atomic mass is 16.2. The number of tetrazole rings is 1. The van der Waals surface area contributed by atoms with Gasteiger partial charge in [-0.2, -0.15) is 0 Å². The van der Waals surface area contributed by atoms with Crippen LogP contribution >= 0.6 is 0 Å². The lowest BCUT2D eigenvalue weighted by Gasteiger charge is -2.07. The Morgan fingerprint density at radius 2 is 1.62 bits per heavy atom. The molecule has 0 saturated carbocycles. The predicted molar refractivity (Wildman–Crippen MR) is 105 cm³/mol. The lowest BCUT2D eigenvalue weighted by molar-refractivity contribution is 0.873. The van der Waals surface area contributed by atoms with Gasteiger partial charge in [-0.3, -0.25) is 14.3 Å². The maximum Gasteiger partial charge on any atom is 0.334 e. The van der Waals surface area contributed by atoms with Gasteiger partial charge in [0.2, 0.25) is 0 Å². The van der Waals surface area contributed by atoms with Crippen molar-refractivity contribution in [2.24, 2.45) is 0 Å². The molecule has 5 aromatic rings. The first-order chi connectivity index (χ1) is 14.1. The molecule has 0 aliphatic heterocycles. The molecule has 2 aromatic carbocycles. The van der Waals surface area contributed by atoms with Crippen molar-refractivity contribution in [1.29, 1.82) is 0 Å². The summed E-state index contributed by atoms with van der Waals surface area (Å²) in [5, 5.41) is 13.5. The van der Waals surface area contributed by atoms with Crippen LogP contribution in [0, 0.1) is 6.92 Å². The second-order valence-electron chi connectivity index (χ2n) is 6.40. The predicted octanol–water partition coefficient (Wildman–Crippen LogP) is 1.35. The minimum atomic E-state index is -0.574. The van der Waals surface area contributed by atoms with E-state index in [1.807, 2.05) is 42.5 Å². The lowest BCUT2D eigenvalue weighted by atomic mass is 10.1. The average molecular weight is 386 g/mol. The van der Waals surface area contributed by atoms with Crippen molar-refractivity contribution in [3.8, 4) is 22.8 Å². The van der Waals surface area contributed by atoms with Crippen LogP contribution in [0.25, 0.3) is 33.9 Å². The van der Waals surface area contributed by atoms with Crippen molar-refractivity contribution in [1.82, 2.24) is 39.7 Å². The quantitative estimate of drug-likeness (QED) is 0.482. The number of aromatic amines is 2. The van der Waals surface area contributed by atoms with E-state index in [0.717, 1.165) is 15.7 Å². The van der Waals surface area contributed by atoms with Gasteiger partial charge >= 0.3 is 5.69 Å². The Labute approximate surface area is 162 Å². The van der Waals surface area contributed by atoms with Gasteiger partial charge in [-0.05, 0) is 40.6 Å². The molecule has 0 amide bonds. The molecular formula is C19H14N8O2. The molecule has 142 valence electrons. The van der Waals surface area contributed by atoms with Crippen LogP contribution in [0.3, 0.4) is 0 Å². The molecule has 0 bridgehead atoms. The van der Waals surface area contributed by atoms with Crippen LogP contribution < -0.4 is 11.2 Å². The van der Waals surface area contributed by atoms with Crippen LogP contribution in [0.5, 0.6) is 0 Å². The fraction of sp³-hybridized carbons (Fsp3) is 0.0526. The van der Waals surface area contributed by atoms with E-state index in [1.165, 1.54) is 4.57 Å². The minimum Gasteiger partial charge on any atom is -0.290 e. The minimum absolute atomic E-state index is 0.172. The van der Waals surface area contributed by atoms with Crippen molar-refractivity contribution < 1.29 is 0 Å². The maximum atomic E-state index is 13.2. The second-order valence-corrected chi connectivity index (χ2v) is 6.40. The Bertz CT molecular complexity index is 1430. The van der Waals surface area contributed by atoms with Gasteiger partial charge in [0.05, 0.1) is 5.69 Å². The third kappa shape index (κ3) is 2.65. The molecule has 10 nitrogen and oxygen atoms in total. The van der Waals surface area contributed by atoms with E-state index < -0.39 is 11.2 Å². The van der Waals surface area contributed by atoms with Crippen molar-refractivity contribution in [2.45, 2.75) is 6.92 Å². The lowest BCUT2D eigenvalue weighted by Crippen LogP contribution is -2.34. The van der Waals surface area contributed by atoms with Crippen LogP contribution in [0.15, 0.2) is 64.2 Å². The molecule has 5 rings (SSSR count). The zero-order valence-corrected chi connectivity index (χ0v) is 15.2. The third-order valence-electron chi connectivity index (χ3n) is 4.66. The summed E-state index contributed by atoms with van der Waals surface area (Å²) in [5.41, 5.74) is 1.72. The summed E-state index contributed by atoms with van der Waals surface area (Å²) < 4.78 is 2.54. The molecule has 0 unspecified atom stereocenters. The maximum absolute atomic E-state index is 13.2. The molecule has 0 radical (unpaired) electrons. The number of nitrogens with zero attached hydrogens (tertiary/aromatic N) is 6. The van der Waals surface area contributed by atoms with Gasteiger partial charge in [0.15, 0.2) is 11.2 Å². The van der Waals surface area contributed by atoms with Crippen molar-refractivity contribution in [3.05, 3.63) is 81.3 Å². The number of fused-ring (bicyclic) bond motifs is 1. The van der Waals surface area contributed by atoms with Crippen molar-refractivity contribution >= 4 is 11.2 Å².